The molecule has 1 atom stereocenters. The smallest absolute Gasteiger partial charge is 0.260 e. The average molecular weight is 356 g/mol. The zero-order valence-corrected chi connectivity index (χ0v) is 13.8. The maximum absolute atomic E-state index is 11.9. The zero-order valence-electron chi connectivity index (χ0n) is 12.2. The molecule has 0 aliphatic carbocycles. The Morgan fingerprint density at radius 3 is 3.00 bits per heavy atom. The topological polar surface area (TPSA) is 65.4 Å². The number of aromatic nitrogens is 2. The van der Waals surface area contributed by atoms with Crippen LogP contribution in [0.5, 0.6) is 5.88 Å². The van der Waals surface area contributed by atoms with E-state index in [1.54, 1.807) is 18.7 Å². The van der Waals surface area contributed by atoms with Gasteiger partial charge in [-0.05, 0) is 25.1 Å². The number of carbonyl (C=O) groups is 1. The SMILES string of the molecule is COCCNC(=O)[C@@H](C)Oc1nn(C)c2ccc(Br)cc12. The molecule has 1 heterocycles. The summed E-state index contributed by atoms with van der Waals surface area (Å²) in [6, 6.07) is 5.81. The van der Waals surface area contributed by atoms with Crippen molar-refractivity contribution >= 4 is 32.7 Å². The fourth-order valence-electron chi connectivity index (χ4n) is 1.93. The molecule has 7 heteroatoms. The van der Waals surface area contributed by atoms with E-state index in [2.05, 4.69) is 26.3 Å². The number of fused-ring (bicyclic) bond motifs is 1. The molecule has 0 saturated carbocycles. The number of methoxy groups -OCH3 is 1. The van der Waals surface area contributed by atoms with E-state index in [0.717, 1.165) is 15.4 Å². The van der Waals surface area contributed by atoms with Crippen molar-refractivity contribution in [2.45, 2.75) is 13.0 Å². The molecule has 0 fully saturated rings. The highest BCUT2D eigenvalue weighted by atomic mass is 79.9. The van der Waals surface area contributed by atoms with Gasteiger partial charge in [0.15, 0.2) is 6.10 Å². The van der Waals surface area contributed by atoms with Crippen LogP contribution in [0.25, 0.3) is 10.9 Å². The van der Waals surface area contributed by atoms with Crippen LogP contribution < -0.4 is 10.1 Å². The van der Waals surface area contributed by atoms with Crippen LogP contribution in [0.2, 0.25) is 0 Å². The lowest BCUT2D eigenvalue weighted by Crippen LogP contribution is -2.38. The number of nitrogens with one attached hydrogen (secondary N) is 1. The molecule has 114 valence electrons. The van der Waals surface area contributed by atoms with Crippen molar-refractivity contribution in [3.8, 4) is 5.88 Å². The van der Waals surface area contributed by atoms with E-state index in [4.69, 9.17) is 9.47 Å². The van der Waals surface area contributed by atoms with Crippen LogP contribution in [0, 0.1) is 0 Å². The second kappa shape index (κ2) is 6.91. The van der Waals surface area contributed by atoms with Crippen molar-refractivity contribution in [1.29, 1.82) is 0 Å². The van der Waals surface area contributed by atoms with Gasteiger partial charge in [-0.3, -0.25) is 9.48 Å². The van der Waals surface area contributed by atoms with Gasteiger partial charge in [0.2, 0.25) is 5.88 Å². The van der Waals surface area contributed by atoms with Gasteiger partial charge in [0, 0.05) is 25.2 Å². The Balaban J connectivity index is 2.12. The fourth-order valence-corrected chi connectivity index (χ4v) is 2.29. The molecule has 0 aliphatic rings. The first-order chi connectivity index (χ1) is 10.0. The molecule has 1 aromatic heterocycles. The van der Waals surface area contributed by atoms with Gasteiger partial charge in [-0.2, -0.15) is 0 Å². The number of amides is 1. The van der Waals surface area contributed by atoms with Crippen LogP contribution in [0.4, 0.5) is 0 Å². The summed E-state index contributed by atoms with van der Waals surface area (Å²) in [7, 11) is 3.43. The van der Waals surface area contributed by atoms with Crippen molar-refractivity contribution in [2.24, 2.45) is 7.05 Å². The second-order valence-electron chi connectivity index (χ2n) is 4.63. The molecule has 0 saturated heterocycles. The van der Waals surface area contributed by atoms with E-state index >= 15 is 0 Å². The maximum Gasteiger partial charge on any atom is 0.260 e. The van der Waals surface area contributed by atoms with Crippen molar-refractivity contribution < 1.29 is 14.3 Å². The van der Waals surface area contributed by atoms with Crippen molar-refractivity contribution in [1.82, 2.24) is 15.1 Å². The normalized spacial score (nSPS) is 12.4. The predicted molar refractivity (Wildman–Crippen MR) is 83.4 cm³/mol. The van der Waals surface area contributed by atoms with Crippen molar-refractivity contribution in [3.05, 3.63) is 22.7 Å². The minimum atomic E-state index is -0.626. The first-order valence-corrected chi connectivity index (χ1v) is 7.37. The fraction of sp³-hybridized carbons (Fsp3) is 0.429. The van der Waals surface area contributed by atoms with E-state index in [-0.39, 0.29) is 5.91 Å². The van der Waals surface area contributed by atoms with Gasteiger partial charge < -0.3 is 14.8 Å². The number of rotatable bonds is 6. The lowest BCUT2D eigenvalue weighted by molar-refractivity contribution is -0.127. The van der Waals surface area contributed by atoms with Crippen LogP contribution >= 0.6 is 15.9 Å². The van der Waals surface area contributed by atoms with Crippen LogP contribution in [0.1, 0.15) is 6.92 Å². The Morgan fingerprint density at radius 2 is 2.29 bits per heavy atom. The Labute approximate surface area is 131 Å². The molecule has 2 aromatic rings. The maximum atomic E-state index is 11.9. The molecule has 2 rings (SSSR count). The third-order valence-corrected chi connectivity index (χ3v) is 3.53. The molecule has 0 spiro atoms. The minimum Gasteiger partial charge on any atom is -0.463 e. The molecular formula is C14H18BrN3O3. The summed E-state index contributed by atoms with van der Waals surface area (Å²) in [4.78, 5) is 11.9. The van der Waals surface area contributed by atoms with Gasteiger partial charge in [0.05, 0.1) is 17.5 Å². The van der Waals surface area contributed by atoms with Crippen LogP contribution in [0.15, 0.2) is 22.7 Å². The lowest BCUT2D eigenvalue weighted by atomic mass is 10.2. The number of halogens is 1. The summed E-state index contributed by atoms with van der Waals surface area (Å²) in [6.07, 6.45) is -0.626. The summed E-state index contributed by atoms with van der Waals surface area (Å²) in [5.74, 6) is 0.254. The summed E-state index contributed by atoms with van der Waals surface area (Å²) in [6.45, 7) is 2.62. The quantitative estimate of drug-likeness (QED) is 0.803. The highest BCUT2D eigenvalue weighted by molar-refractivity contribution is 9.10. The highest BCUT2D eigenvalue weighted by Gasteiger charge is 2.18. The predicted octanol–water partition coefficient (Wildman–Crippen LogP) is 1.87. The summed E-state index contributed by atoms with van der Waals surface area (Å²) < 4.78 is 13.2. The summed E-state index contributed by atoms with van der Waals surface area (Å²) >= 11 is 3.43. The largest absolute Gasteiger partial charge is 0.463 e. The Bertz CT molecular complexity index is 642. The number of benzene rings is 1. The number of hydrogen-bond donors (Lipinski definition) is 1. The molecule has 21 heavy (non-hydrogen) atoms. The molecule has 1 aromatic carbocycles. The number of hydrogen-bond acceptors (Lipinski definition) is 4. The van der Waals surface area contributed by atoms with Gasteiger partial charge >= 0.3 is 0 Å². The second-order valence-corrected chi connectivity index (χ2v) is 5.55. The van der Waals surface area contributed by atoms with E-state index < -0.39 is 6.10 Å². The number of aryl methyl sites for hydroxylation is 1. The van der Waals surface area contributed by atoms with Crippen LogP contribution in [0.3, 0.4) is 0 Å². The average Bonchev–Trinajstić information content (AvgIpc) is 2.75. The zero-order chi connectivity index (χ0) is 15.4. The van der Waals surface area contributed by atoms with E-state index in [1.807, 2.05) is 25.2 Å². The first-order valence-electron chi connectivity index (χ1n) is 6.58. The van der Waals surface area contributed by atoms with Gasteiger partial charge in [0.25, 0.3) is 5.91 Å². The van der Waals surface area contributed by atoms with Crippen LogP contribution in [-0.4, -0.2) is 42.1 Å². The van der Waals surface area contributed by atoms with Gasteiger partial charge in [-0.25, -0.2) is 0 Å². The van der Waals surface area contributed by atoms with Gasteiger partial charge in [-0.1, -0.05) is 15.9 Å². The number of ether oxygens (including phenoxy) is 2. The number of nitrogens with zero attached hydrogens (tertiary/aromatic N) is 2. The Hall–Kier alpha value is -1.60. The minimum absolute atomic E-state index is 0.194. The standard InChI is InChI=1S/C14H18BrN3O3/c1-9(13(19)16-6-7-20-3)21-14-11-8-10(15)4-5-12(11)18(2)17-14/h4-5,8-9H,6-7H2,1-3H3,(H,16,19)/t9-/m1/s1. The Morgan fingerprint density at radius 1 is 1.52 bits per heavy atom. The molecule has 0 unspecified atom stereocenters. The summed E-state index contributed by atoms with van der Waals surface area (Å²) in [5.41, 5.74) is 0.945. The number of carbonyl (C=O) groups excluding carboxylic acids is 1. The van der Waals surface area contributed by atoms with E-state index in [0.29, 0.717) is 19.0 Å². The van der Waals surface area contributed by atoms with Gasteiger partial charge in [0.1, 0.15) is 0 Å². The third-order valence-electron chi connectivity index (χ3n) is 3.04. The molecule has 6 nitrogen and oxygen atoms in total. The molecule has 0 radical (unpaired) electrons. The van der Waals surface area contributed by atoms with Crippen molar-refractivity contribution in [3.63, 3.8) is 0 Å². The molecule has 0 bridgehead atoms. The molecule has 0 aliphatic heterocycles. The highest BCUT2D eigenvalue weighted by Crippen LogP contribution is 2.28. The monoisotopic (exact) mass is 355 g/mol. The summed E-state index contributed by atoms with van der Waals surface area (Å²) in [5, 5.41) is 7.92. The van der Waals surface area contributed by atoms with Gasteiger partial charge in [-0.15, -0.1) is 5.10 Å². The Kier molecular flexibility index (Phi) is 5.19. The van der Waals surface area contributed by atoms with Crippen molar-refractivity contribution in [2.75, 3.05) is 20.3 Å². The molecule has 1 amide bonds. The van der Waals surface area contributed by atoms with E-state index in [1.165, 1.54) is 0 Å². The molecular weight excluding hydrogens is 338 g/mol. The van der Waals surface area contributed by atoms with Crippen LogP contribution in [-0.2, 0) is 16.6 Å². The third kappa shape index (κ3) is 3.74. The lowest BCUT2D eigenvalue weighted by Gasteiger charge is -2.13. The van der Waals surface area contributed by atoms with E-state index in [9.17, 15) is 4.79 Å². The molecule has 1 N–H and O–H groups in total. The first kappa shape index (κ1) is 15.8.